The quantitative estimate of drug-likeness (QED) is 0.598. The lowest BCUT2D eigenvalue weighted by Crippen LogP contribution is -2.44. The Hall–Kier alpha value is -2.77. The van der Waals surface area contributed by atoms with Gasteiger partial charge in [0.25, 0.3) is 0 Å². The molecule has 7 nitrogen and oxygen atoms in total. The van der Waals surface area contributed by atoms with E-state index < -0.39 is 0 Å². The first-order valence-electron chi connectivity index (χ1n) is 11.9. The number of morpholine rings is 1. The third kappa shape index (κ3) is 4.66. The first-order valence-corrected chi connectivity index (χ1v) is 11.9. The van der Waals surface area contributed by atoms with Gasteiger partial charge >= 0.3 is 0 Å². The van der Waals surface area contributed by atoms with Crippen molar-refractivity contribution in [2.24, 2.45) is 0 Å². The number of ether oxygens (including phenoxy) is 1. The van der Waals surface area contributed by atoms with Gasteiger partial charge in [-0.3, -0.25) is 4.90 Å². The minimum absolute atomic E-state index is 0.153. The Morgan fingerprint density at radius 2 is 1.70 bits per heavy atom. The lowest BCUT2D eigenvalue weighted by molar-refractivity contribution is -0.0705. The second kappa shape index (κ2) is 8.54. The number of pyridine rings is 1. The number of nitrogens with zero attached hydrogens (tertiary/aromatic N) is 6. The highest BCUT2D eigenvalue weighted by Crippen LogP contribution is 2.34. The summed E-state index contributed by atoms with van der Waals surface area (Å²) in [5.74, 6) is 1.87. The highest BCUT2D eigenvalue weighted by Gasteiger charge is 2.27. The number of benzene rings is 1. The van der Waals surface area contributed by atoms with Gasteiger partial charge in [-0.1, -0.05) is 45.0 Å². The van der Waals surface area contributed by atoms with Crippen molar-refractivity contribution in [1.29, 1.82) is 0 Å². The number of anilines is 1. The molecule has 1 aromatic carbocycles. The van der Waals surface area contributed by atoms with Crippen molar-refractivity contribution >= 4 is 5.82 Å². The molecule has 3 aromatic rings. The molecule has 0 unspecified atom stereocenters. The van der Waals surface area contributed by atoms with Crippen LogP contribution in [0, 0.1) is 0 Å². The predicted octanol–water partition coefficient (Wildman–Crippen LogP) is 4.22. The molecular formula is C26H34N6O. The summed E-state index contributed by atoms with van der Waals surface area (Å²) in [6, 6.07) is 11.2. The number of hydrogen-bond donors (Lipinski definition) is 0. The van der Waals surface area contributed by atoms with Gasteiger partial charge in [-0.05, 0) is 42.0 Å². The Morgan fingerprint density at radius 3 is 2.39 bits per heavy atom. The topological polar surface area (TPSA) is 59.3 Å². The Kier molecular flexibility index (Phi) is 5.70. The van der Waals surface area contributed by atoms with E-state index in [9.17, 15) is 0 Å². The number of hydrogen-bond acceptors (Lipinski definition) is 6. The van der Waals surface area contributed by atoms with E-state index in [1.54, 1.807) is 6.33 Å². The molecule has 33 heavy (non-hydrogen) atoms. The summed E-state index contributed by atoms with van der Waals surface area (Å²) in [4.78, 5) is 14.2. The fourth-order valence-electron chi connectivity index (χ4n) is 4.94. The molecule has 0 N–H and O–H groups in total. The lowest BCUT2D eigenvalue weighted by atomic mass is 9.87. The Labute approximate surface area is 196 Å². The molecule has 2 aliphatic heterocycles. The third-order valence-electron chi connectivity index (χ3n) is 6.48. The summed E-state index contributed by atoms with van der Waals surface area (Å²) in [5, 5.41) is 4.47. The summed E-state index contributed by atoms with van der Waals surface area (Å²) in [6.07, 6.45) is 4.16. The predicted molar refractivity (Wildman–Crippen MR) is 130 cm³/mol. The van der Waals surface area contributed by atoms with Crippen molar-refractivity contribution in [3.05, 3.63) is 59.5 Å². The third-order valence-corrected chi connectivity index (χ3v) is 6.48. The van der Waals surface area contributed by atoms with E-state index in [0.717, 1.165) is 43.4 Å². The zero-order chi connectivity index (χ0) is 23.2. The Bertz CT molecular complexity index is 1110. The van der Waals surface area contributed by atoms with E-state index in [0.29, 0.717) is 6.67 Å². The molecule has 0 amide bonds. The average Bonchev–Trinajstić information content (AvgIpc) is 3.21. The van der Waals surface area contributed by atoms with Crippen molar-refractivity contribution in [2.45, 2.75) is 72.0 Å². The van der Waals surface area contributed by atoms with Gasteiger partial charge in [-0.2, -0.15) is 5.10 Å². The molecular weight excluding hydrogens is 412 g/mol. The van der Waals surface area contributed by atoms with Gasteiger partial charge in [0, 0.05) is 32.4 Å². The van der Waals surface area contributed by atoms with Crippen LogP contribution in [0.2, 0.25) is 0 Å². The monoisotopic (exact) mass is 446 g/mol. The van der Waals surface area contributed by atoms with Crippen molar-refractivity contribution < 1.29 is 4.74 Å². The molecule has 174 valence electrons. The van der Waals surface area contributed by atoms with Crippen LogP contribution in [0.4, 0.5) is 5.82 Å². The van der Waals surface area contributed by atoms with Crippen LogP contribution in [0.15, 0.2) is 42.9 Å². The maximum atomic E-state index is 5.89. The van der Waals surface area contributed by atoms with Gasteiger partial charge in [0.05, 0.1) is 17.8 Å². The van der Waals surface area contributed by atoms with Crippen LogP contribution in [0.1, 0.15) is 51.3 Å². The molecule has 0 bridgehead atoms. The van der Waals surface area contributed by atoms with Crippen LogP contribution in [-0.2, 0) is 29.9 Å². The summed E-state index contributed by atoms with van der Waals surface area (Å²) in [7, 11) is 0. The maximum Gasteiger partial charge on any atom is 0.163 e. The first-order chi connectivity index (χ1) is 15.8. The van der Waals surface area contributed by atoms with E-state index in [2.05, 4.69) is 84.8 Å². The Balaban J connectivity index is 1.40. The minimum Gasteiger partial charge on any atom is -0.373 e. The highest BCUT2D eigenvalue weighted by molar-refractivity contribution is 5.73. The van der Waals surface area contributed by atoms with E-state index >= 15 is 0 Å². The minimum atomic E-state index is 0.153. The molecule has 1 fully saturated rings. The first kappa shape index (κ1) is 22.0. The van der Waals surface area contributed by atoms with Crippen molar-refractivity contribution in [2.75, 3.05) is 18.0 Å². The maximum absolute atomic E-state index is 5.89. The second-order valence-corrected chi connectivity index (χ2v) is 10.5. The standard InChI is InChI=1S/C26H34N6O/c1-18-12-30(13-19(2)33-18)14-21-10-23-24(27-11-21)31(17-32-25(23)28-16-29-32)15-20-6-8-22(9-7-20)26(3,4)5/h6-11,16,18-19H,12-15,17H2,1-5H3/t18-,19+. The molecule has 7 heteroatoms. The normalized spacial score (nSPS) is 21.1. The zero-order valence-corrected chi connectivity index (χ0v) is 20.3. The van der Waals surface area contributed by atoms with Crippen molar-refractivity contribution in [3.63, 3.8) is 0 Å². The van der Waals surface area contributed by atoms with Crippen LogP contribution in [-0.4, -0.2) is 49.9 Å². The van der Waals surface area contributed by atoms with E-state index in [-0.39, 0.29) is 17.6 Å². The Morgan fingerprint density at radius 1 is 0.970 bits per heavy atom. The molecule has 0 spiro atoms. The van der Waals surface area contributed by atoms with Gasteiger partial charge < -0.3 is 9.64 Å². The molecule has 2 aliphatic rings. The van der Waals surface area contributed by atoms with Crippen LogP contribution in [0.5, 0.6) is 0 Å². The molecule has 2 aromatic heterocycles. The number of rotatable bonds is 4. The van der Waals surface area contributed by atoms with Gasteiger partial charge in [0.1, 0.15) is 18.8 Å². The summed E-state index contributed by atoms with van der Waals surface area (Å²) < 4.78 is 7.86. The number of aromatic nitrogens is 4. The van der Waals surface area contributed by atoms with E-state index in [4.69, 9.17) is 9.72 Å². The van der Waals surface area contributed by atoms with E-state index in [1.807, 2.05) is 10.9 Å². The van der Waals surface area contributed by atoms with Gasteiger partial charge in [-0.15, -0.1) is 0 Å². The molecule has 0 saturated carbocycles. The van der Waals surface area contributed by atoms with Gasteiger partial charge in [-0.25, -0.2) is 14.6 Å². The van der Waals surface area contributed by atoms with Crippen LogP contribution in [0.25, 0.3) is 11.4 Å². The van der Waals surface area contributed by atoms with Crippen LogP contribution < -0.4 is 4.90 Å². The number of fused-ring (bicyclic) bond motifs is 3. The van der Waals surface area contributed by atoms with Gasteiger partial charge in [0.2, 0.25) is 0 Å². The SMILES string of the molecule is C[C@@H]1CN(Cc2cnc3c(c2)-c2ncnn2CN3Cc2ccc(C(C)(C)C)cc2)C[C@H](C)O1. The molecule has 2 atom stereocenters. The molecule has 0 radical (unpaired) electrons. The summed E-state index contributed by atoms with van der Waals surface area (Å²) >= 11 is 0. The largest absolute Gasteiger partial charge is 0.373 e. The summed E-state index contributed by atoms with van der Waals surface area (Å²) in [5.41, 5.74) is 5.01. The zero-order valence-electron chi connectivity index (χ0n) is 20.3. The van der Waals surface area contributed by atoms with Crippen LogP contribution in [0.3, 0.4) is 0 Å². The average molecular weight is 447 g/mol. The highest BCUT2D eigenvalue weighted by atomic mass is 16.5. The van der Waals surface area contributed by atoms with E-state index in [1.165, 1.54) is 16.7 Å². The molecule has 4 heterocycles. The smallest absolute Gasteiger partial charge is 0.163 e. The fourth-order valence-corrected chi connectivity index (χ4v) is 4.94. The fraction of sp³-hybridized carbons (Fsp3) is 0.500. The second-order valence-electron chi connectivity index (χ2n) is 10.5. The summed E-state index contributed by atoms with van der Waals surface area (Å²) in [6.45, 7) is 15.2. The van der Waals surface area contributed by atoms with Crippen LogP contribution >= 0.6 is 0 Å². The van der Waals surface area contributed by atoms with Gasteiger partial charge in [0.15, 0.2) is 5.82 Å². The molecule has 1 saturated heterocycles. The van der Waals surface area contributed by atoms with Crippen molar-refractivity contribution in [3.8, 4) is 11.4 Å². The molecule has 5 rings (SSSR count). The lowest BCUT2D eigenvalue weighted by Gasteiger charge is -2.35. The van der Waals surface area contributed by atoms with Crippen molar-refractivity contribution in [1.82, 2.24) is 24.6 Å². The molecule has 0 aliphatic carbocycles.